The number of oxazole rings is 1. The summed E-state index contributed by atoms with van der Waals surface area (Å²) in [6, 6.07) is 19.3. The summed E-state index contributed by atoms with van der Waals surface area (Å²) in [6.45, 7) is 3.63. The van der Waals surface area contributed by atoms with E-state index in [1.54, 1.807) is 0 Å². The summed E-state index contributed by atoms with van der Waals surface area (Å²) in [6.07, 6.45) is 4.24. The van der Waals surface area contributed by atoms with Gasteiger partial charge in [0.15, 0.2) is 6.26 Å². The van der Waals surface area contributed by atoms with Gasteiger partial charge in [-0.05, 0) is 55.0 Å². The summed E-state index contributed by atoms with van der Waals surface area (Å²) in [4.78, 5) is 14.0. The molecule has 5 heteroatoms. The summed E-state index contributed by atoms with van der Waals surface area (Å²) >= 11 is 0. The highest BCUT2D eigenvalue weighted by Crippen LogP contribution is 2.24. The van der Waals surface area contributed by atoms with E-state index in [9.17, 15) is 9.90 Å². The first-order valence-corrected chi connectivity index (χ1v) is 9.93. The first-order valence-electron chi connectivity index (χ1n) is 9.93. The van der Waals surface area contributed by atoms with E-state index < -0.39 is 5.76 Å². The van der Waals surface area contributed by atoms with Crippen LogP contribution in [-0.4, -0.2) is 27.7 Å². The molecule has 0 saturated carbocycles. The van der Waals surface area contributed by atoms with Crippen molar-refractivity contribution in [3.8, 4) is 17.0 Å². The molecule has 0 aliphatic carbocycles. The third-order valence-corrected chi connectivity index (χ3v) is 5.70. The van der Waals surface area contributed by atoms with Gasteiger partial charge in [0.25, 0.3) is 0 Å². The molecule has 1 saturated heterocycles. The van der Waals surface area contributed by atoms with E-state index in [-0.39, 0.29) is 5.88 Å². The molecule has 1 aromatic heterocycles. The third kappa shape index (κ3) is 4.37. The summed E-state index contributed by atoms with van der Waals surface area (Å²) in [5.74, 6) is 0.0215. The van der Waals surface area contributed by atoms with Crippen LogP contribution in [-0.2, 0) is 13.1 Å². The minimum absolute atomic E-state index is 0.0821. The summed E-state index contributed by atoms with van der Waals surface area (Å²) in [5.41, 5.74) is 3.84. The number of rotatable bonds is 6. The lowest BCUT2D eigenvalue weighted by Crippen LogP contribution is -2.33. The van der Waals surface area contributed by atoms with Crippen molar-refractivity contribution in [1.82, 2.24) is 9.47 Å². The zero-order chi connectivity index (χ0) is 19.3. The normalized spacial score (nSPS) is 15.7. The second-order valence-corrected chi connectivity index (χ2v) is 7.58. The number of piperidine rings is 1. The highest BCUT2D eigenvalue weighted by molar-refractivity contribution is 5.63. The van der Waals surface area contributed by atoms with Crippen LogP contribution in [0.3, 0.4) is 0 Å². The molecular formula is C23H26N2O3. The van der Waals surface area contributed by atoms with Crippen molar-refractivity contribution in [1.29, 1.82) is 0 Å². The molecule has 146 valence electrons. The zero-order valence-electron chi connectivity index (χ0n) is 16.0. The van der Waals surface area contributed by atoms with Gasteiger partial charge in [0, 0.05) is 13.1 Å². The van der Waals surface area contributed by atoms with Gasteiger partial charge >= 0.3 is 5.76 Å². The van der Waals surface area contributed by atoms with Crippen molar-refractivity contribution in [3.63, 3.8) is 0 Å². The Kier molecular flexibility index (Phi) is 5.63. The van der Waals surface area contributed by atoms with Crippen molar-refractivity contribution in [2.45, 2.75) is 32.4 Å². The average molecular weight is 378 g/mol. The Morgan fingerprint density at radius 1 is 0.964 bits per heavy atom. The fourth-order valence-electron chi connectivity index (χ4n) is 3.97. The zero-order valence-corrected chi connectivity index (χ0v) is 16.0. The first kappa shape index (κ1) is 18.6. The molecule has 1 aliphatic heterocycles. The Balaban J connectivity index is 1.26. The van der Waals surface area contributed by atoms with Crippen LogP contribution in [0, 0.1) is 5.92 Å². The molecule has 5 nitrogen and oxygen atoms in total. The fraction of sp³-hybridized carbons (Fsp3) is 0.348. The van der Waals surface area contributed by atoms with Gasteiger partial charge in [-0.2, -0.15) is 0 Å². The number of likely N-dealkylation sites (tertiary alicyclic amines) is 1. The molecule has 1 fully saturated rings. The third-order valence-electron chi connectivity index (χ3n) is 5.70. The van der Waals surface area contributed by atoms with Gasteiger partial charge in [0.1, 0.15) is 0 Å². The van der Waals surface area contributed by atoms with E-state index in [0.29, 0.717) is 12.5 Å². The van der Waals surface area contributed by atoms with Crippen LogP contribution in [0.5, 0.6) is 5.88 Å². The lowest BCUT2D eigenvalue weighted by molar-refractivity contribution is 0.168. The molecule has 0 bridgehead atoms. The van der Waals surface area contributed by atoms with Crippen LogP contribution in [0.1, 0.15) is 24.8 Å². The van der Waals surface area contributed by atoms with Crippen molar-refractivity contribution in [3.05, 3.63) is 77.0 Å². The van der Waals surface area contributed by atoms with Crippen LogP contribution in [0.4, 0.5) is 0 Å². The highest BCUT2D eigenvalue weighted by Gasteiger charge is 2.20. The number of benzene rings is 2. The van der Waals surface area contributed by atoms with Crippen LogP contribution >= 0.6 is 0 Å². The van der Waals surface area contributed by atoms with E-state index in [2.05, 4.69) is 53.4 Å². The Bertz CT molecular complexity index is 936. The van der Waals surface area contributed by atoms with E-state index in [0.717, 1.165) is 45.2 Å². The molecular weight excluding hydrogens is 352 g/mol. The summed E-state index contributed by atoms with van der Waals surface area (Å²) in [7, 11) is 0. The number of aromatic hydroxyl groups is 1. The molecule has 3 aromatic rings. The molecule has 2 aromatic carbocycles. The predicted molar refractivity (Wildman–Crippen MR) is 109 cm³/mol. The lowest BCUT2D eigenvalue weighted by Gasteiger charge is -2.32. The quantitative estimate of drug-likeness (QED) is 0.701. The van der Waals surface area contributed by atoms with Gasteiger partial charge in [-0.15, -0.1) is 0 Å². The maximum absolute atomic E-state index is 11.5. The summed E-state index contributed by atoms with van der Waals surface area (Å²) < 4.78 is 6.01. The summed E-state index contributed by atoms with van der Waals surface area (Å²) in [5, 5.41) is 9.62. The second-order valence-electron chi connectivity index (χ2n) is 7.58. The predicted octanol–water partition coefficient (Wildman–Crippen LogP) is 4.12. The maximum Gasteiger partial charge on any atom is 0.421 e. The topological polar surface area (TPSA) is 58.6 Å². The molecule has 28 heavy (non-hydrogen) atoms. The Hall–Kier alpha value is -2.79. The molecule has 0 unspecified atom stereocenters. The largest absolute Gasteiger partial charge is 0.492 e. The van der Waals surface area contributed by atoms with Gasteiger partial charge in [0.2, 0.25) is 5.88 Å². The lowest BCUT2D eigenvalue weighted by atomic mass is 9.93. The van der Waals surface area contributed by atoms with Crippen molar-refractivity contribution in [2.75, 3.05) is 13.1 Å². The Morgan fingerprint density at radius 3 is 2.29 bits per heavy atom. The fourth-order valence-corrected chi connectivity index (χ4v) is 3.97. The van der Waals surface area contributed by atoms with Gasteiger partial charge < -0.3 is 9.52 Å². The molecule has 0 amide bonds. The minimum atomic E-state index is -0.478. The Labute approximate surface area is 164 Å². The molecule has 0 atom stereocenters. The number of aromatic nitrogens is 1. The smallest absolute Gasteiger partial charge is 0.421 e. The maximum atomic E-state index is 11.5. The number of nitrogens with zero attached hydrogens (tertiary/aromatic N) is 2. The standard InChI is InChI=1S/C23H26N2O3/c26-22-17-28-23(27)25(22)15-12-18-10-13-24(14-11-18)16-19-6-8-21(9-7-19)20-4-2-1-3-5-20/h1-9,17-18,26H,10-16H2. The number of hydrogen-bond donors (Lipinski definition) is 1. The SMILES string of the molecule is O=c1occ(O)n1CCC1CCN(Cc2ccc(-c3ccccc3)cc2)CC1. The van der Waals surface area contributed by atoms with Crippen LogP contribution in [0.15, 0.2) is 70.1 Å². The molecule has 0 spiro atoms. The first-order chi connectivity index (χ1) is 13.7. The van der Waals surface area contributed by atoms with Gasteiger partial charge in [0.05, 0.1) is 0 Å². The van der Waals surface area contributed by atoms with E-state index >= 15 is 0 Å². The molecule has 1 N–H and O–H groups in total. The van der Waals surface area contributed by atoms with Crippen LogP contribution in [0.2, 0.25) is 0 Å². The molecule has 0 radical (unpaired) electrons. The molecule has 4 rings (SSSR count). The van der Waals surface area contributed by atoms with Gasteiger partial charge in [-0.3, -0.25) is 4.90 Å². The van der Waals surface area contributed by atoms with Crippen molar-refractivity contribution in [2.24, 2.45) is 5.92 Å². The van der Waals surface area contributed by atoms with E-state index in [1.807, 2.05) is 6.07 Å². The van der Waals surface area contributed by atoms with Gasteiger partial charge in [-0.1, -0.05) is 54.6 Å². The second kappa shape index (κ2) is 8.48. The van der Waals surface area contributed by atoms with E-state index in [1.165, 1.54) is 21.3 Å². The van der Waals surface area contributed by atoms with E-state index in [4.69, 9.17) is 4.42 Å². The highest BCUT2D eigenvalue weighted by atomic mass is 16.4. The molecule has 2 heterocycles. The molecule has 1 aliphatic rings. The Morgan fingerprint density at radius 2 is 1.64 bits per heavy atom. The minimum Gasteiger partial charge on any atom is -0.492 e. The van der Waals surface area contributed by atoms with Crippen LogP contribution in [0.25, 0.3) is 11.1 Å². The van der Waals surface area contributed by atoms with Gasteiger partial charge in [-0.25, -0.2) is 9.36 Å². The van der Waals surface area contributed by atoms with Crippen molar-refractivity contribution < 1.29 is 9.52 Å². The average Bonchev–Trinajstić information content (AvgIpc) is 3.06. The van der Waals surface area contributed by atoms with Crippen molar-refractivity contribution >= 4 is 0 Å². The monoisotopic (exact) mass is 378 g/mol. The van der Waals surface area contributed by atoms with Crippen LogP contribution < -0.4 is 5.76 Å². The number of hydrogen-bond acceptors (Lipinski definition) is 4.